The van der Waals surface area contributed by atoms with Crippen LogP contribution in [0.3, 0.4) is 0 Å². The van der Waals surface area contributed by atoms with Crippen LogP contribution in [-0.2, 0) is 23.2 Å². The molecule has 7 heteroatoms. The van der Waals surface area contributed by atoms with Crippen LogP contribution >= 0.6 is 11.3 Å². The molecule has 0 spiro atoms. The number of thiophene rings is 1. The average Bonchev–Trinajstić information content (AvgIpc) is 2.90. The van der Waals surface area contributed by atoms with E-state index in [0.717, 1.165) is 9.75 Å². The fourth-order valence-electron chi connectivity index (χ4n) is 1.85. The van der Waals surface area contributed by atoms with Gasteiger partial charge in [-0.1, -0.05) is 6.07 Å². The summed E-state index contributed by atoms with van der Waals surface area (Å²) < 4.78 is 32.4. The maximum Gasteiger partial charge on any atom is 0.244 e. The molecule has 0 aliphatic heterocycles. The molecular formula is C14H17NO4S2. The molecule has 2 aromatic rings. The molecule has 2 N–H and O–H groups in total. The summed E-state index contributed by atoms with van der Waals surface area (Å²) in [6.07, 6.45) is 0. The highest BCUT2D eigenvalue weighted by Gasteiger charge is 2.20. The summed E-state index contributed by atoms with van der Waals surface area (Å²) in [5.74, 6) is 0.252. The number of aliphatic hydroxyl groups is 1. The van der Waals surface area contributed by atoms with Crippen LogP contribution in [0.4, 0.5) is 0 Å². The zero-order valence-electron chi connectivity index (χ0n) is 11.8. The molecule has 0 fully saturated rings. The van der Waals surface area contributed by atoms with Gasteiger partial charge in [-0.3, -0.25) is 0 Å². The molecule has 0 saturated carbocycles. The standard InChI is InChI=1S/C14H17NO4S2/c1-10-3-5-12(20-10)8-15-21(17,18)14-7-11(9-16)4-6-13(14)19-2/h3-7,15-16H,8-9H2,1-2H3. The minimum atomic E-state index is -3.70. The Morgan fingerprint density at radius 2 is 2.05 bits per heavy atom. The van der Waals surface area contributed by atoms with Crippen LogP contribution in [0.2, 0.25) is 0 Å². The van der Waals surface area contributed by atoms with Crippen molar-refractivity contribution < 1.29 is 18.3 Å². The van der Waals surface area contributed by atoms with E-state index in [1.165, 1.54) is 19.2 Å². The van der Waals surface area contributed by atoms with Gasteiger partial charge in [0.1, 0.15) is 10.6 Å². The maximum absolute atomic E-state index is 12.4. The molecule has 5 nitrogen and oxygen atoms in total. The molecule has 2 rings (SSSR count). The Hall–Kier alpha value is -1.41. The summed E-state index contributed by atoms with van der Waals surface area (Å²) in [5.41, 5.74) is 0.517. The number of sulfonamides is 1. The van der Waals surface area contributed by atoms with Crippen LogP contribution in [0.5, 0.6) is 5.75 Å². The summed E-state index contributed by atoms with van der Waals surface area (Å²) in [6.45, 7) is 1.97. The molecule has 0 amide bonds. The van der Waals surface area contributed by atoms with Gasteiger partial charge in [-0.15, -0.1) is 11.3 Å². The van der Waals surface area contributed by atoms with Crippen molar-refractivity contribution in [2.24, 2.45) is 0 Å². The predicted molar refractivity (Wildman–Crippen MR) is 82.0 cm³/mol. The number of ether oxygens (including phenoxy) is 1. The van der Waals surface area contributed by atoms with Gasteiger partial charge < -0.3 is 9.84 Å². The minimum Gasteiger partial charge on any atom is -0.495 e. The molecule has 114 valence electrons. The van der Waals surface area contributed by atoms with Crippen molar-refractivity contribution in [2.45, 2.75) is 25.0 Å². The second-order valence-corrected chi connectivity index (χ2v) is 7.59. The van der Waals surface area contributed by atoms with E-state index in [1.807, 2.05) is 19.1 Å². The quantitative estimate of drug-likeness (QED) is 0.851. The van der Waals surface area contributed by atoms with Crippen LogP contribution in [0.15, 0.2) is 35.2 Å². The Bertz CT molecular complexity index is 722. The van der Waals surface area contributed by atoms with E-state index in [-0.39, 0.29) is 23.8 Å². The third-order valence-electron chi connectivity index (χ3n) is 2.93. The van der Waals surface area contributed by atoms with E-state index in [0.29, 0.717) is 5.56 Å². The van der Waals surface area contributed by atoms with E-state index in [4.69, 9.17) is 9.84 Å². The summed E-state index contributed by atoms with van der Waals surface area (Å²) in [7, 11) is -2.29. The number of hydrogen-bond acceptors (Lipinski definition) is 5. The van der Waals surface area contributed by atoms with Crippen LogP contribution in [0.25, 0.3) is 0 Å². The topological polar surface area (TPSA) is 75.6 Å². The smallest absolute Gasteiger partial charge is 0.244 e. The molecule has 21 heavy (non-hydrogen) atoms. The summed E-state index contributed by atoms with van der Waals surface area (Å²) >= 11 is 1.54. The number of benzene rings is 1. The van der Waals surface area contributed by atoms with E-state index in [2.05, 4.69) is 4.72 Å². The highest BCUT2D eigenvalue weighted by Crippen LogP contribution is 2.25. The highest BCUT2D eigenvalue weighted by atomic mass is 32.2. The first-order valence-electron chi connectivity index (χ1n) is 6.29. The zero-order valence-corrected chi connectivity index (χ0v) is 13.4. The Morgan fingerprint density at radius 1 is 1.29 bits per heavy atom. The third-order valence-corrected chi connectivity index (χ3v) is 5.36. The lowest BCUT2D eigenvalue weighted by molar-refractivity contribution is 0.281. The van der Waals surface area contributed by atoms with Gasteiger partial charge in [-0.2, -0.15) is 0 Å². The van der Waals surface area contributed by atoms with Crippen LogP contribution in [-0.4, -0.2) is 20.6 Å². The molecule has 1 aromatic carbocycles. The van der Waals surface area contributed by atoms with E-state index in [9.17, 15) is 8.42 Å². The van der Waals surface area contributed by atoms with Gasteiger partial charge in [-0.25, -0.2) is 13.1 Å². The van der Waals surface area contributed by atoms with Crippen LogP contribution < -0.4 is 9.46 Å². The minimum absolute atomic E-state index is 0.0322. The van der Waals surface area contributed by atoms with Crippen molar-refractivity contribution in [2.75, 3.05) is 7.11 Å². The average molecular weight is 327 g/mol. The van der Waals surface area contributed by atoms with E-state index in [1.54, 1.807) is 17.4 Å². The Balaban J connectivity index is 2.26. The van der Waals surface area contributed by atoms with Gasteiger partial charge in [0, 0.05) is 16.3 Å². The molecule has 0 aliphatic rings. The van der Waals surface area contributed by atoms with Crippen molar-refractivity contribution in [1.82, 2.24) is 4.72 Å². The van der Waals surface area contributed by atoms with E-state index < -0.39 is 10.0 Å². The number of nitrogens with one attached hydrogen (secondary N) is 1. The number of methoxy groups -OCH3 is 1. The van der Waals surface area contributed by atoms with Gasteiger partial charge in [0.05, 0.1) is 13.7 Å². The molecule has 0 unspecified atom stereocenters. The maximum atomic E-state index is 12.4. The first-order chi connectivity index (χ1) is 9.96. The molecule has 0 bridgehead atoms. The predicted octanol–water partition coefficient (Wildman–Crippen LogP) is 2.04. The lowest BCUT2D eigenvalue weighted by Gasteiger charge is -2.11. The molecule has 0 aliphatic carbocycles. The van der Waals surface area contributed by atoms with Crippen molar-refractivity contribution in [3.05, 3.63) is 45.6 Å². The van der Waals surface area contributed by atoms with Crippen molar-refractivity contribution in [1.29, 1.82) is 0 Å². The SMILES string of the molecule is COc1ccc(CO)cc1S(=O)(=O)NCc1ccc(C)s1. The van der Waals surface area contributed by atoms with Gasteiger partial charge >= 0.3 is 0 Å². The summed E-state index contributed by atoms with van der Waals surface area (Å²) in [4.78, 5) is 2.10. The fraction of sp³-hybridized carbons (Fsp3) is 0.286. The Labute approximate surface area is 128 Å². The second-order valence-electron chi connectivity index (χ2n) is 4.48. The monoisotopic (exact) mass is 327 g/mol. The molecule has 0 saturated heterocycles. The summed E-state index contributed by atoms with van der Waals surface area (Å²) in [5, 5.41) is 9.15. The Kier molecular flexibility index (Phi) is 5.00. The molecule has 0 radical (unpaired) electrons. The van der Waals surface area contributed by atoms with Crippen molar-refractivity contribution in [3.8, 4) is 5.75 Å². The third kappa shape index (κ3) is 3.82. The number of aryl methyl sites for hydroxylation is 1. The number of rotatable bonds is 6. The zero-order chi connectivity index (χ0) is 15.5. The molecule has 1 heterocycles. The highest BCUT2D eigenvalue weighted by molar-refractivity contribution is 7.89. The normalized spacial score (nSPS) is 11.6. The first-order valence-corrected chi connectivity index (χ1v) is 8.59. The fourth-order valence-corrected chi connectivity index (χ4v) is 4.00. The van der Waals surface area contributed by atoms with Crippen LogP contribution in [0, 0.1) is 6.92 Å². The molecular weight excluding hydrogens is 310 g/mol. The number of hydrogen-bond donors (Lipinski definition) is 2. The van der Waals surface area contributed by atoms with Crippen LogP contribution in [0.1, 0.15) is 15.3 Å². The second kappa shape index (κ2) is 6.57. The lowest BCUT2D eigenvalue weighted by atomic mass is 10.2. The summed E-state index contributed by atoms with van der Waals surface area (Å²) in [6, 6.07) is 8.42. The Morgan fingerprint density at radius 3 is 2.62 bits per heavy atom. The van der Waals surface area contributed by atoms with Crippen molar-refractivity contribution in [3.63, 3.8) is 0 Å². The molecule has 1 aromatic heterocycles. The number of aliphatic hydroxyl groups excluding tert-OH is 1. The van der Waals surface area contributed by atoms with Gasteiger partial charge in [0.15, 0.2) is 0 Å². The van der Waals surface area contributed by atoms with Gasteiger partial charge in [0.2, 0.25) is 10.0 Å². The van der Waals surface area contributed by atoms with Gasteiger partial charge in [0.25, 0.3) is 0 Å². The largest absolute Gasteiger partial charge is 0.495 e. The van der Waals surface area contributed by atoms with Crippen molar-refractivity contribution >= 4 is 21.4 Å². The van der Waals surface area contributed by atoms with Gasteiger partial charge in [-0.05, 0) is 36.8 Å². The first kappa shape index (κ1) is 16.0. The van der Waals surface area contributed by atoms with E-state index >= 15 is 0 Å². The molecule has 0 atom stereocenters. The lowest BCUT2D eigenvalue weighted by Crippen LogP contribution is -2.23.